The molecule has 6 heteroatoms. The van der Waals surface area contributed by atoms with Crippen molar-refractivity contribution in [3.05, 3.63) is 42.2 Å². The number of ether oxygens (including phenoxy) is 1. The molecule has 0 spiro atoms. The topological polar surface area (TPSA) is 77.0 Å². The Hall–Kier alpha value is -2.50. The maximum absolute atomic E-state index is 11.8. The average molecular weight is 244 g/mol. The first kappa shape index (κ1) is 12.0. The Morgan fingerprint density at radius 1 is 1.28 bits per heavy atom. The Morgan fingerprint density at radius 3 is 2.78 bits per heavy atom. The molecule has 0 saturated heterocycles. The van der Waals surface area contributed by atoms with Gasteiger partial charge in [0.05, 0.1) is 6.61 Å². The van der Waals surface area contributed by atoms with Gasteiger partial charge < -0.3 is 10.1 Å². The number of rotatable bonds is 4. The minimum Gasteiger partial charge on any atom is -0.477 e. The van der Waals surface area contributed by atoms with E-state index < -0.39 is 0 Å². The van der Waals surface area contributed by atoms with Crippen LogP contribution in [0, 0.1) is 0 Å². The van der Waals surface area contributed by atoms with Gasteiger partial charge in [-0.15, -0.1) is 10.2 Å². The van der Waals surface area contributed by atoms with Crippen molar-refractivity contribution in [3.8, 4) is 5.88 Å². The molecule has 0 bridgehead atoms. The van der Waals surface area contributed by atoms with E-state index in [2.05, 4.69) is 20.5 Å². The maximum atomic E-state index is 11.8. The van der Waals surface area contributed by atoms with Gasteiger partial charge in [-0.1, -0.05) is 6.07 Å². The van der Waals surface area contributed by atoms with Gasteiger partial charge in [0.25, 0.3) is 5.91 Å². The van der Waals surface area contributed by atoms with Crippen LogP contribution in [0.15, 0.2) is 36.5 Å². The quantitative estimate of drug-likeness (QED) is 0.882. The molecule has 2 aromatic rings. The molecule has 2 aromatic heterocycles. The van der Waals surface area contributed by atoms with E-state index in [9.17, 15) is 4.79 Å². The summed E-state index contributed by atoms with van der Waals surface area (Å²) in [6, 6.07) is 8.40. The molecule has 18 heavy (non-hydrogen) atoms. The third kappa shape index (κ3) is 3.00. The van der Waals surface area contributed by atoms with Gasteiger partial charge in [0.15, 0.2) is 5.69 Å². The standard InChI is InChI=1S/C12H12N4O2/c1-2-18-11-7-6-9(15-16-11)12(17)14-10-5-3-4-8-13-10/h3-8H,2H2,1H3,(H,13,14,17). The predicted molar refractivity (Wildman–Crippen MR) is 65.4 cm³/mol. The van der Waals surface area contributed by atoms with Gasteiger partial charge in [0.2, 0.25) is 5.88 Å². The van der Waals surface area contributed by atoms with Crippen LogP contribution in [0.4, 0.5) is 5.82 Å². The van der Waals surface area contributed by atoms with Crippen molar-refractivity contribution in [2.24, 2.45) is 0 Å². The van der Waals surface area contributed by atoms with Gasteiger partial charge in [0, 0.05) is 12.3 Å². The van der Waals surface area contributed by atoms with Crippen LogP contribution < -0.4 is 10.1 Å². The molecule has 0 aliphatic carbocycles. The molecule has 2 heterocycles. The van der Waals surface area contributed by atoms with E-state index in [1.54, 1.807) is 36.5 Å². The van der Waals surface area contributed by atoms with E-state index in [-0.39, 0.29) is 11.6 Å². The molecule has 0 aromatic carbocycles. The van der Waals surface area contributed by atoms with Crippen LogP contribution in [-0.4, -0.2) is 27.7 Å². The van der Waals surface area contributed by atoms with Crippen molar-refractivity contribution in [2.75, 3.05) is 11.9 Å². The van der Waals surface area contributed by atoms with E-state index in [1.807, 2.05) is 6.92 Å². The summed E-state index contributed by atoms with van der Waals surface area (Å²) in [6.45, 7) is 2.36. The number of hydrogen-bond donors (Lipinski definition) is 1. The molecule has 0 radical (unpaired) electrons. The lowest BCUT2D eigenvalue weighted by Gasteiger charge is -2.04. The van der Waals surface area contributed by atoms with Crippen LogP contribution in [0.1, 0.15) is 17.4 Å². The first-order chi connectivity index (χ1) is 8.79. The van der Waals surface area contributed by atoms with Crippen LogP contribution in [0.5, 0.6) is 5.88 Å². The van der Waals surface area contributed by atoms with Crippen molar-refractivity contribution >= 4 is 11.7 Å². The lowest BCUT2D eigenvalue weighted by molar-refractivity contribution is 0.102. The number of pyridine rings is 1. The predicted octanol–water partition coefficient (Wildman–Crippen LogP) is 1.52. The Morgan fingerprint density at radius 2 is 2.17 bits per heavy atom. The minimum atomic E-state index is -0.357. The second-order valence-corrected chi connectivity index (χ2v) is 3.36. The highest BCUT2D eigenvalue weighted by Gasteiger charge is 2.09. The molecule has 1 N–H and O–H groups in total. The Balaban J connectivity index is 2.05. The van der Waals surface area contributed by atoms with Crippen molar-refractivity contribution < 1.29 is 9.53 Å². The Bertz CT molecular complexity index is 513. The van der Waals surface area contributed by atoms with Crippen LogP contribution in [0.3, 0.4) is 0 Å². The van der Waals surface area contributed by atoms with E-state index in [0.717, 1.165) is 0 Å². The molecule has 0 aliphatic rings. The second kappa shape index (κ2) is 5.72. The van der Waals surface area contributed by atoms with Gasteiger partial charge in [-0.25, -0.2) is 4.98 Å². The first-order valence-corrected chi connectivity index (χ1v) is 5.48. The van der Waals surface area contributed by atoms with Crippen LogP contribution in [-0.2, 0) is 0 Å². The fourth-order valence-electron chi connectivity index (χ4n) is 1.28. The normalized spacial score (nSPS) is 9.83. The first-order valence-electron chi connectivity index (χ1n) is 5.48. The molecule has 92 valence electrons. The zero-order valence-corrected chi connectivity index (χ0v) is 9.83. The highest BCUT2D eigenvalue weighted by atomic mass is 16.5. The molecular weight excluding hydrogens is 232 g/mol. The van der Waals surface area contributed by atoms with E-state index >= 15 is 0 Å². The summed E-state index contributed by atoms with van der Waals surface area (Å²) in [5.74, 6) is 0.509. The number of hydrogen-bond acceptors (Lipinski definition) is 5. The minimum absolute atomic E-state index is 0.212. The van der Waals surface area contributed by atoms with Gasteiger partial charge in [0.1, 0.15) is 5.82 Å². The van der Waals surface area contributed by atoms with E-state index in [4.69, 9.17) is 4.74 Å². The maximum Gasteiger partial charge on any atom is 0.277 e. The molecule has 6 nitrogen and oxygen atoms in total. The Labute approximate surface area is 104 Å². The fourth-order valence-corrected chi connectivity index (χ4v) is 1.28. The number of nitrogens with zero attached hydrogens (tertiary/aromatic N) is 3. The fraction of sp³-hybridized carbons (Fsp3) is 0.167. The van der Waals surface area contributed by atoms with Crippen molar-refractivity contribution in [2.45, 2.75) is 6.92 Å². The summed E-state index contributed by atoms with van der Waals surface area (Å²) in [6.07, 6.45) is 1.60. The smallest absolute Gasteiger partial charge is 0.277 e. The Kier molecular flexibility index (Phi) is 3.80. The lowest BCUT2D eigenvalue weighted by Crippen LogP contribution is -2.15. The summed E-state index contributed by atoms with van der Waals surface area (Å²) in [4.78, 5) is 15.8. The molecule has 1 amide bonds. The third-order valence-electron chi connectivity index (χ3n) is 2.07. The summed E-state index contributed by atoms with van der Waals surface area (Å²) < 4.78 is 5.14. The molecular formula is C12H12N4O2. The van der Waals surface area contributed by atoms with E-state index in [0.29, 0.717) is 18.3 Å². The molecule has 2 rings (SSSR count). The van der Waals surface area contributed by atoms with Crippen molar-refractivity contribution in [1.82, 2.24) is 15.2 Å². The molecule has 0 atom stereocenters. The number of carbonyl (C=O) groups excluding carboxylic acids is 1. The molecule has 0 fully saturated rings. The zero-order valence-electron chi connectivity index (χ0n) is 9.83. The third-order valence-corrected chi connectivity index (χ3v) is 2.07. The van der Waals surface area contributed by atoms with Gasteiger partial charge >= 0.3 is 0 Å². The number of amides is 1. The number of aromatic nitrogens is 3. The highest BCUT2D eigenvalue weighted by molar-refractivity contribution is 6.02. The van der Waals surface area contributed by atoms with Crippen molar-refractivity contribution in [3.63, 3.8) is 0 Å². The van der Waals surface area contributed by atoms with Gasteiger partial charge in [-0.05, 0) is 25.1 Å². The summed E-state index contributed by atoms with van der Waals surface area (Å²) in [5.41, 5.74) is 0.212. The van der Waals surface area contributed by atoms with Gasteiger partial charge in [-0.3, -0.25) is 4.79 Å². The number of anilines is 1. The summed E-state index contributed by atoms with van der Waals surface area (Å²) in [5, 5.41) is 10.2. The number of nitrogens with one attached hydrogen (secondary N) is 1. The van der Waals surface area contributed by atoms with E-state index in [1.165, 1.54) is 0 Å². The van der Waals surface area contributed by atoms with Gasteiger partial charge in [-0.2, -0.15) is 0 Å². The van der Waals surface area contributed by atoms with Crippen molar-refractivity contribution in [1.29, 1.82) is 0 Å². The molecule has 0 aliphatic heterocycles. The van der Waals surface area contributed by atoms with Crippen LogP contribution in [0.2, 0.25) is 0 Å². The van der Waals surface area contributed by atoms with Crippen LogP contribution in [0.25, 0.3) is 0 Å². The summed E-state index contributed by atoms with van der Waals surface area (Å²) >= 11 is 0. The largest absolute Gasteiger partial charge is 0.477 e. The zero-order chi connectivity index (χ0) is 12.8. The SMILES string of the molecule is CCOc1ccc(C(=O)Nc2ccccn2)nn1. The van der Waals surface area contributed by atoms with Crippen LogP contribution >= 0.6 is 0 Å². The highest BCUT2D eigenvalue weighted by Crippen LogP contribution is 2.07. The average Bonchev–Trinajstić information content (AvgIpc) is 2.41. The second-order valence-electron chi connectivity index (χ2n) is 3.36. The molecule has 0 unspecified atom stereocenters. The summed E-state index contributed by atoms with van der Waals surface area (Å²) in [7, 11) is 0. The monoisotopic (exact) mass is 244 g/mol. The molecule has 0 saturated carbocycles. The number of carbonyl (C=O) groups is 1. The lowest BCUT2D eigenvalue weighted by atomic mass is 10.3.